The highest BCUT2D eigenvalue weighted by atomic mass is 16.5. The Bertz CT molecular complexity index is 737. The Kier molecular flexibility index (Phi) is 5.68. The van der Waals surface area contributed by atoms with Gasteiger partial charge in [-0.05, 0) is 24.5 Å². The van der Waals surface area contributed by atoms with Crippen molar-refractivity contribution >= 4 is 11.9 Å². The van der Waals surface area contributed by atoms with Crippen LogP contribution >= 0.6 is 0 Å². The van der Waals surface area contributed by atoms with E-state index in [1.807, 2.05) is 24.3 Å². The molecule has 0 atom stereocenters. The molecule has 0 saturated carbocycles. The predicted molar refractivity (Wildman–Crippen MR) is 89.2 cm³/mol. The molecule has 0 radical (unpaired) electrons. The van der Waals surface area contributed by atoms with Gasteiger partial charge in [-0.2, -0.15) is 0 Å². The van der Waals surface area contributed by atoms with E-state index in [4.69, 9.17) is 0 Å². The van der Waals surface area contributed by atoms with Crippen molar-refractivity contribution < 1.29 is 14.3 Å². The highest BCUT2D eigenvalue weighted by Crippen LogP contribution is 2.23. The molecular weight excluding hydrogens is 308 g/mol. The topological polar surface area (TPSA) is 86.1 Å². The first kappa shape index (κ1) is 17.7. The zero-order valence-electron chi connectivity index (χ0n) is 14.4. The van der Waals surface area contributed by atoms with Crippen molar-refractivity contribution in [1.29, 1.82) is 0 Å². The number of ether oxygens (including phenoxy) is 1. The number of hydrogen-bond donors (Lipinski definition) is 1. The summed E-state index contributed by atoms with van der Waals surface area (Å²) in [7, 11) is 1.31. The molecule has 1 N–H and O–H groups in total. The number of esters is 1. The third-order valence-electron chi connectivity index (χ3n) is 3.60. The van der Waals surface area contributed by atoms with E-state index in [2.05, 4.69) is 34.0 Å². The minimum atomic E-state index is -0.414. The van der Waals surface area contributed by atoms with Crippen molar-refractivity contribution in [3.63, 3.8) is 0 Å². The van der Waals surface area contributed by atoms with Gasteiger partial charge in [0.05, 0.1) is 19.2 Å². The average Bonchev–Trinajstić information content (AvgIpc) is 2.96. The van der Waals surface area contributed by atoms with Crippen LogP contribution in [-0.4, -0.2) is 40.3 Å². The van der Waals surface area contributed by atoms with Gasteiger partial charge in [-0.15, -0.1) is 5.10 Å². The van der Waals surface area contributed by atoms with Gasteiger partial charge >= 0.3 is 5.97 Å². The standard InChI is InChI=1S/C17H22N4O3/c1-11(2)13-7-5-6-8-14(13)21-12(3)19-16(20-21)17(23)18-10-9-15(22)24-4/h5-8,11H,9-10H2,1-4H3,(H,18,23). The monoisotopic (exact) mass is 330 g/mol. The van der Waals surface area contributed by atoms with E-state index in [1.165, 1.54) is 7.11 Å². The van der Waals surface area contributed by atoms with E-state index in [9.17, 15) is 9.59 Å². The number of methoxy groups -OCH3 is 1. The minimum Gasteiger partial charge on any atom is -0.469 e. The summed E-state index contributed by atoms with van der Waals surface area (Å²) >= 11 is 0. The van der Waals surface area contributed by atoms with Gasteiger partial charge in [0, 0.05) is 6.54 Å². The van der Waals surface area contributed by atoms with E-state index in [-0.39, 0.29) is 24.8 Å². The van der Waals surface area contributed by atoms with Crippen LogP contribution in [0.4, 0.5) is 0 Å². The Labute approximate surface area is 141 Å². The summed E-state index contributed by atoms with van der Waals surface area (Å²) in [6, 6.07) is 7.90. The van der Waals surface area contributed by atoms with Gasteiger partial charge in [0.15, 0.2) is 0 Å². The van der Waals surface area contributed by atoms with Crippen molar-refractivity contribution in [1.82, 2.24) is 20.1 Å². The normalized spacial score (nSPS) is 10.7. The fraction of sp³-hybridized carbons (Fsp3) is 0.412. The number of carbonyl (C=O) groups excluding carboxylic acids is 2. The number of amides is 1. The summed E-state index contributed by atoms with van der Waals surface area (Å²) in [4.78, 5) is 27.4. The maximum absolute atomic E-state index is 12.1. The number of aryl methyl sites for hydroxylation is 1. The number of hydrogen-bond acceptors (Lipinski definition) is 5. The maximum atomic E-state index is 12.1. The number of benzene rings is 1. The Morgan fingerprint density at radius 3 is 2.67 bits per heavy atom. The summed E-state index contributed by atoms with van der Waals surface area (Å²) in [6.45, 7) is 6.19. The molecule has 128 valence electrons. The number of rotatable bonds is 6. The third-order valence-corrected chi connectivity index (χ3v) is 3.60. The molecule has 0 unspecified atom stereocenters. The smallest absolute Gasteiger partial charge is 0.307 e. The molecule has 0 saturated heterocycles. The number of aromatic nitrogens is 3. The van der Waals surface area contributed by atoms with Crippen molar-refractivity contribution in [3.8, 4) is 5.69 Å². The molecule has 1 amide bonds. The average molecular weight is 330 g/mol. The highest BCUT2D eigenvalue weighted by molar-refractivity contribution is 5.90. The van der Waals surface area contributed by atoms with Crippen LogP contribution in [0.25, 0.3) is 5.69 Å². The Balaban J connectivity index is 2.19. The molecule has 0 spiro atoms. The van der Waals surface area contributed by atoms with Crippen LogP contribution in [0, 0.1) is 6.92 Å². The molecule has 2 aromatic rings. The Hall–Kier alpha value is -2.70. The molecule has 24 heavy (non-hydrogen) atoms. The molecule has 0 aliphatic carbocycles. The van der Waals surface area contributed by atoms with Crippen LogP contribution < -0.4 is 5.32 Å². The molecule has 0 aliphatic rings. The lowest BCUT2D eigenvalue weighted by atomic mass is 10.0. The van der Waals surface area contributed by atoms with Crippen molar-refractivity contribution in [2.45, 2.75) is 33.1 Å². The van der Waals surface area contributed by atoms with Crippen LogP contribution in [-0.2, 0) is 9.53 Å². The zero-order valence-corrected chi connectivity index (χ0v) is 14.4. The third kappa shape index (κ3) is 3.98. The van der Waals surface area contributed by atoms with Crippen LogP contribution in [0.5, 0.6) is 0 Å². The summed E-state index contributed by atoms with van der Waals surface area (Å²) in [5, 5.41) is 6.93. The van der Waals surface area contributed by atoms with Gasteiger partial charge in [-0.1, -0.05) is 32.0 Å². The van der Waals surface area contributed by atoms with Gasteiger partial charge in [-0.25, -0.2) is 9.67 Å². The van der Waals surface area contributed by atoms with Crippen LogP contribution in [0.3, 0.4) is 0 Å². The highest BCUT2D eigenvalue weighted by Gasteiger charge is 2.17. The summed E-state index contributed by atoms with van der Waals surface area (Å²) in [5.41, 5.74) is 2.04. The molecular formula is C17H22N4O3. The van der Waals surface area contributed by atoms with Crippen molar-refractivity contribution in [3.05, 3.63) is 41.5 Å². The van der Waals surface area contributed by atoms with Gasteiger partial charge in [0.1, 0.15) is 5.82 Å². The van der Waals surface area contributed by atoms with E-state index in [1.54, 1.807) is 11.6 Å². The molecule has 7 heteroatoms. The second kappa shape index (κ2) is 7.72. The van der Waals surface area contributed by atoms with E-state index < -0.39 is 5.91 Å². The van der Waals surface area contributed by atoms with E-state index in [0.29, 0.717) is 11.7 Å². The molecule has 0 fully saturated rings. The van der Waals surface area contributed by atoms with Crippen LogP contribution in [0.2, 0.25) is 0 Å². The molecule has 1 heterocycles. The Morgan fingerprint density at radius 2 is 2.00 bits per heavy atom. The van der Waals surface area contributed by atoms with Gasteiger partial charge in [-0.3, -0.25) is 9.59 Å². The SMILES string of the molecule is COC(=O)CCNC(=O)c1nc(C)n(-c2ccccc2C(C)C)n1. The molecule has 2 rings (SSSR count). The molecule has 0 aliphatic heterocycles. The van der Waals surface area contributed by atoms with Crippen LogP contribution in [0.15, 0.2) is 24.3 Å². The first-order valence-corrected chi connectivity index (χ1v) is 7.82. The molecule has 7 nitrogen and oxygen atoms in total. The lowest BCUT2D eigenvalue weighted by Crippen LogP contribution is -2.27. The summed E-state index contributed by atoms with van der Waals surface area (Å²) in [6.07, 6.45) is 0.109. The number of nitrogens with zero attached hydrogens (tertiary/aromatic N) is 3. The minimum absolute atomic E-state index is 0.0796. The zero-order chi connectivity index (χ0) is 17.7. The number of nitrogens with one attached hydrogen (secondary N) is 1. The van der Waals surface area contributed by atoms with Crippen molar-refractivity contribution in [2.24, 2.45) is 0 Å². The summed E-state index contributed by atoms with van der Waals surface area (Å²) in [5.74, 6) is 0.234. The lowest BCUT2D eigenvalue weighted by Gasteiger charge is -2.12. The fourth-order valence-electron chi connectivity index (χ4n) is 2.34. The first-order valence-electron chi connectivity index (χ1n) is 7.82. The van der Waals surface area contributed by atoms with Gasteiger partial charge < -0.3 is 10.1 Å². The van der Waals surface area contributed by atoms with Gasteiger partial charge in [0.2, 0.25) is 5.82 Å². The molecule has 0 bridgehead atoms. The van der Waals surface area contributed by atoms with Gasteiger partial charge in [0.25, 0.3) is 5.91 Å². The second-order valence-corrected chi connectivity index (χ2v) is 5.69. The predicted octanol–water partition coefficient (Wildman–Crippen LogP) is 1.99. The molecule has 1 aromatic heterocycles. The molecule has 1 aromatic carbocycles. The number of carbonyl (C=O) groups is 2. The van der Waals surface area contributed by atoms with Crippen LogP contribution in [0.1, 0.15) is 48.2 Å². The van der Waals surface area contributed by atoms with Crippen molar-refractivity contribution in [2.75, 3.05) is 13.7 Å². The second-order valence-electron chi connectivity index (χ2n) is 5.69. The summed E-state index contributed by atoms with van der Waals surface area (Å²) < 4.78 is 6.20. The Morgan fingerprint density at radius 1 is 1.29 bits per heavy atom. The quantitative estimate of drug-likeness (QED) is 0.819. The largest absolute Gasteiger partial charge is 0.469 e. The first-order chi connectivity index (χ1) is 11.4. The number of para-hydroxylation sites is 1. The lowest BCUT2D eigenvalue weighted by molar-refractivity contribution is -0.140. The fourth-order valence-corrected chi connectivity index (χ4v) is 2.34. The van der Waals surface area contributed by atoms with E-state index >= 15 is 0 Å². The maximum Gasteiger partial charge on any atom is 0.307 e. The van der Waals surface area contributed by atoms with E-state index in [0.717, 1.165) is 11.3 Å².